The molecule has 1 fully saturated rings. The molecular formula is C20H20N2O5S. The Kier molecular flexibility index (Phi) is 4.80. The molecule has 0 atom stereocenters. The highest BCUT2D eigenvalue weighted by atomic mass is 32.2. The summed E-state index contributed by atoms with van der Waals surface area (Å²) in [7, 11) is -2.30. The van der Waals surface area contributed by atoms with Crippen LogP contribution < -0.4 is 14.4 Å². The number of amidine groups is 1. The minimum absolute atomic E-state index is 0.0438. The second-order valence-corrected chi connectivity index (χ2v) is 8.26. The number of carbonyl (C=O) groups excluding carboxylic acids is 1. The van der Waals surface area contributed by atoms with Gasteiger partial charge in [0, 0.05) is 13.0 Å². The zero-order chi connectivity index (χ0) is 19.7. The van der Waals surface area contributed by atoms with Gasteiger partial charge < -0.3 is 14.4 Å². The summed E-state index contributed by atoms with van der Waals surface area (Å²) in [5.41, 5.74) is 0.736. The van der Waals surface area contributed by atoms with E-state index in [-0.39, 0.29) is 10.5 Å². The van der Waals surface area contributed by atoms with Gasteiger partial charge in [-0.1, -0.05) is 6.42 Å². The van der Waals surface area contributed by atoms with Crippen LogP contribution in [0.1, 0.15) is 36.0 Å². The van der Waals surface area contributed by atoms with Gasteiger partial charge in [0.1, 0.15) is 22.2 Å². The van der Waals surface area contributed by atoms with E-state index in [1.165, 1.54) is 6.07 Å². The number of rotatable bonds is 3. The van der Waals surface area contributed by atoms with Crippen molar-refractivity contribution in [3.8, 4) is 11.5 Å². The molecule has 0 amide bonds. The van der Waals surface area contributed by atoms with Crippen molar-refractivity contribution >= 4 is 27.5 Å². The fourth-order valence-electron chi connectivity index (χ4n) is 3.42. The highest BCUT2D eigenvalue weighted by Gasteiger charge is 2.32. The molecule has 0 spiro atoms. The quantitative estimate of drug-likeness (QED) is 0.580. The van der Waals surface area contributed by atoms with Crippen LogP contribution in [0.15, 0.2) is 51.8 Å². The van der Waals surface area contributed by atoms with Gasteiger partial charge in [-0.15, -0.1) is 4.40 Å². The van der Waals surface area contributed by atoms with Gasteiger partial charge in [-0.05, 0) is 55.3 Å². The fourth-order valence-corrected chi connectivity index (χ4v) is 4.70. The first-order chi connectivity index (χ1) is 13.5. The first-order valence-corrected chi connectivity index (χ1v) is 10.5. The highest BCUT2D eigenvalue weighted by Crippen LogP contribution is 2.35. The fraction of sp³-hybridized carbons (Fsp3) is 0.300. The molecule has 0 aromatic heterocycles. The Bertz CT molecular complexity index is 1040. The van der Waals surface area contributed by atoms with Crippen LogP contribution in [0.4, 0.5) is 5.69 Å². The molecule has 0 radical (unpaired) electrons. The average Bonchev–Trinajstić information content (AvgIpc) is 2.93. The summed E-state index contributed by atoms with van der Waals surface area (Å²) in [5.74, 6) is 0.942. The van der Waals surface area contributed by atoms with E-state index < -0.39 is 16.0 Å². The number of ether oxygens (including phenoxy) is 2. The van der Waals surface area contributed by atoms with E-state index in [0.29, 0.717) is 29.4 Å². The van der Waals surface area contributed by atoms with Crippen molar-refractivity contribution in [2.24, 2.45) is 4.40 Å². The number of sulfonamides is 1. The van der Waals surface area contributed by atoms with Crippen molar-refractivity contribution in [2.75, 3.05) is 18.6 Å². The van der Waals surface area contributed by atoms with Gasteiger partial charge >= 0.3 is 5.97 Å². The topological polar surface area (TPSA) is 85.3 Å². The van der Waals surface area contributed by atoms with Crippen molar-refractivity contribution in [3.05, 3.63) is 48.0 Å². The molecule has 28 heavy (non-hydrogen) atoms. The predicted molar refractivity (Wildman–Crippen MR) is 105 cm³/mol. The van der Waals surface area contributed by atoms with Gasteiger partial charge in [-0.2, -0.15) is 8.42 Å². The Balaban J connectivity index is 1.64. The molecule has 2 aliphatic heterocycles. The van der Waals surface area contributed by atoms with Crippen molar-refractivity contribution in [3.63, 3.8) is 0 Å². The maximum Gasteiger partial charge on any atom is 0.343 e. The molecule has 0 unspecified atom stereocenters. The molecule has 2 aromatic rings. The molecular weight excluding hydrogens is 380 g/mol. The lowest BCUT2D eigenvalue weighted by Crippen LogP contribution is -2.35. The zero-order valence-electron chi connectivity index (χ0n) is 15.4. The zero-order valence-corrected chi connectivity index (χ0v) is 16.2. The van der Waals surface area contributed by atoms with Gasteiger partial charge in [-0.25, -0.2) is 4.79 Å². The standard InChI is InChI=1S/C20H20N2O5S/c1-26-15-7-9-16(10-8-15)27-20(23)14-6-11-17-18(13-14)28(24,25)21-19-5-3-2-4-12-22(17)19/h6-11,13H,2-5,12H2,1H3. The van der Waals surface area contributed by atoms with Crippen LogP contribution in [0.2, 0.25) is 0 Å². The van der Waals surface area contributed by atoms with Crippen LogP contribution in [0.25, 0.3) is 0 Å². The third-order valence-electron chi connectivity index (χ3n) is 4.85. The van der Waals surface area contributed by atoms with Crippen LogP contribution in [0, 0.1) is 0 Å². The number of hydrogen-bond acceptors (Lipinski definition) is 6. The second-order valence-electron chi connectivity index (χ2n) is 6.69. The number of carbonyl (C=O) groups is 1. The van der Waals surface area contributed by atoms with E-state index in [0.717, 1.165) is 25.8 Å². The Morgan fingerprint density at radius 1 is 1.04 bits per heavy atom. The number of fused-ring (bicyclic) bond motifs is 3. The Labute approximate surface area is 163 Å². The van der Waals surface area contributed by atoms with E-state index in [2.05, 4.69) is 4.40 Å². The summed E-state index contributed by atoms with van der Waals surface area (Å²) in [5, 5.41) is 0. The highest BCUT2D eigenvalue weighted by molar-refractivity contribution is 7.90. The number of benzene rings is 2. The van der Waals surface area contributed by atoms with Gasteiger partial charge in [0.2, 0.25) is 0 Å². The molecule has 0 aliphatic carbocycles. The number of esters is 1. The summed E-state index contributed by atoms with van der Waals surface area (Å²) in [6.45, 7) is 0.719. The summed E-state index contributed by atoms with van der Waals surface area (Å²) in [6.07, 6.45) is 3.57. The molecule has 2 heterocycles. The van der Waals surface area contributed by atoms with Crippen LogP contribution in [0.5, 0.6) is 11.5 Å². The summed E-state index contributed by atoms with van der Waals surface area (Å²) in [6, 6.07) is 11.2. The summed E-state index contributed by atoms with van der Waals surface area (Å²) >= 11 is 0. The van der Waals surface area contributed by atoms with E-state index in [1.54, 1.807) is 43.5 Å². The van der Waals surface area contributed by atoms with Crippen molar-refractivity contribution in [2.45, 2.75) is 30.6 Å². The van der Waals surface area contributed by atoms with Crippen molar-refractivity contribution < 1.29 is 22.7 Å². The smallest absolute Gasteiger partial charge is 0.343 e. The molecule has 2 aliphatic rings. The number of anilines is 1. The summed E-state index contributed by atoms with van der Waals surface area (Å²) in [4.78, 5) is 14.5. The second kappa shape index (κ2) is 7.27. The van der Waals surface area contributed by atoms with Crippen molar-refractivity contribution in [1.82, 2.24) is 0 Å². The molecule has 0 N–H and O–H groups in total. The Morgan fingerprint density at radius 2 is 1.79 bits per heavy atom. The first kappa shape index (κ1) is 18.5. The monoisotopic (exact) mass is 400 g/mol. The molecule has 0 saturated carbocycles. The Morgan fingerprint density at radius 3 is 2.54 bits per heavy atom. The van der Waals surface area contributed by atoms with Gasteiger partial charge in [0.25, 0.3) is 10.0 Å². The van der Waals surface area contributed by atoms with E-state index in [1.807, 2.05) is 4.90 Å². The first-order valence-electron chi connectivity index (χ1n) is 9.09. The third-order valence-corrected chi connectivity index (χ3v) is 6.19. The van der Waals surface area contributed by atoms with Gasteiger partial charge in [0.15, 0.2) is 0 Å². The number of methoxy groups -OCH3 is 1. The predicted octanol–water partition coefficient (Wildman–Crippen LogP) is 3.40. The molecule has 0 bridgehead atoms. The average molecular weight is 400 g/mol. The lowest BCUT2D eigenvalue weighted by Gasteiger charge is -2.29. The lowest BCUT2D eigenvalue weighted by molar-refractivity contribution is 0.0734. The number of nitrogens with zero attached hydrogens (tertiary/aromatic N) is 2. The van der Waals surface area contributed by atoms with Crippen LogP contribution in [0.3, 0.4) is 0 Å². The molecule has 146 valence electrons. The maximum atomic E-state index is 12.7. The molecule has 8 heteroatoms. The van der Waals surface area contributed by atoms with Gasteiger partial charge in [0.05, 0.1) is 18.4 Å². The van der Waals surface area contributed by atoms with E-state index in [9.17, 15) is 13.2 Å². The normalized spacial score (nSPS) is 17.6. The summed E-state index contributed by atoms with van der Waals surface area (Å²) < 4.78 is 39.7. The molecule has 4 rings (SSSR count). The van der Waals surface area contributed by atoms with Gasteiger partial charge in [-0.3, -0.25) is 0 Å². The van der Waals surface area contributed by atoms with Crippen LogP contribution in [-0.2, 0) is 10.0 Å². The molecule has 2 aromatic carbocycles. The largest absolute Gasteiger partial charge is 0.497 e. The SMILES string of the molecule is COc1ccc(OC(=O)c2ccc3c(c2)S(=O)(=O)N=C2CCCCCN23)cc1. The molecule has 1 saturated heterocycles. The van der Waals surface area contributed by atoms with Crippen LogP contribution >= 0.6 is 0 Å². The maximum absolute atomic E-state index is 12.7. The Hall–Kier alpha value is -2.87. The minimum atomic E-state index is -3.84. The van der Waals surface area contributed by atoms with Crippen molar-refractivity contribution in [1.29, 1.82) is 0 Å². The van der Waals surface area contributed by atoms with E-state index in [4.69, 9.17) is 9.47 Å². The van der Waals surface area contributed by atoms with E-state index >= 15 is 0 Å². The van der Waals surface area contributed by atoms with Crippen LogP contribution in [-0.4, -0.2) is 33.9 Å². The molecule has 7 nitrogen and oxygen atoms in total. The minimum Gasteiger partial charge on any atom is -0.497 e. The lowest BCUT2D eigenvalue weighted by atomic mass is 10.2. The number of hydrogen-bond donors (Lipinski definition) is 0. The third kappa shape index (κ3) is 3.47.